The van der Waals surface area contributed by atoms with Crippen LogP contribution in [-0.2, 0) is 19.1 Å². The molecule has 0 spiro atoms. The lowest BCUT2D eigenvalue weighted by molar-refractivity contribution is -0.130. The van der Waals surface area contributed by atoms with Gasteiger partial charge in [0.15, 0.2) is 0 Å². The Morgan fingerprint density at radius 2 is 1.90 bits per heavy atom. The van der Waals surface area contributed by atoms with Gasteiger partial charge >= 0.3 is 5.97 Å². The molecule has 152 valence electrons. The minimum absolute atomic E-state index is 0.380. The van der Waals surface area contributed by atoms with Crippen molar-refractivity contribution in [3.05, 3.63) is 78.1 Å². The molecule has 1 aromatic carbocycles. The molecule has 0 bridgehead atoms. The Morgan fingerprint density at radius 1 is 1.21 bits per heavy atom. The highest BCUT2D eigenvalue weighted by atomic mass is 16.5. The summed E-state index contributed by atoms with van der Waals surface area (Å²) in [6, 6.07) is 8.35. The number of allylic oxidation sites excluding steroid dienone is 4. The van der Waals surface area contributed by atoms with Gasteiger partial charge in [-0.2, -0.15) is 5.26 Å². The summed E-state index contributed by atoms with van der Waals surface area (Å²) >= 11 is 0. The van der Waals surface area contributed by atoms with Gasteiger partial charge in [-0.15, -0.1) is 6.58 Å². The van der Waals surface area contributed by atoms with E-state index in [2.05, 4.69) is 11.3 Å². The smallest absolute Gasteiger partial charge is 0.343 e. The Kier molecular flexibility index (Phi) is 11.7. The Hall–Kier alpha value is -3.59. The fraction of sp³-hybridized carbons (Fsp3) is 0.261. The van der Waals surface area contributed by atoms with Crippen LogP contribution >= 0.6 is 0 Å². The molecule has 0 atom stereocenters. The molecule has 6 heteroatoms. The number of carbonyl (C=O) groups is 2. The van der Waals surface area contributed by atoms with Gasteiger partial charge < -0.3 is 14.2 Å². The molecule has 0 saturated heterocycles. The number of rotatable bonds is 9. The first-order chi connectivity index (χ1) is 14.1. The van der Waals surface area contributed by atoms with Crippen LogP contribution < -0.4 is 4.74 Å². The van der Waals surface area contributed by atoms with Crippen molar-refractivity contribution in [1.29, 1.82) is 5.26 Å². The van der Waals surface area contributed by atoms with Crippen molar-refractivity contribution in [1.82, 2.24) is 0 Å². The number of nitrogens with zero attached hydrogens (tertiary/aromatic N) is 1. The van der Waals surface area contributed by atoms with Crippen molar-refractivity contribution in [3.63, 3.8) is 0 Å². The largest absolute Gasteiger partial charge is 0.498 e. The minimum atomic E-state index is -0.477. The Bertz CT molecular complexity index is 798. The summed E-state index contributed by atoms with van der Waals surface area (Å²) in [5, 5.41) is 8.77. The predicted octanol–water partition coefficient (Wildman–Crippen LogP) is 4.40. The maximum Gasteiger partial charge on any atom is 0.343 e. The van der Waals surface area contributed by atoms with Gasteiger partial charge in [-0.1, -0.05) is 18.2 Å². The van der Waals surface area contributed by atoms with Crippen LogP contribution in [0.1, 0.15) is 31.7 Å². The van der Waals surface area contributed by atoms with Gasteiger partial charge in [0.2, 0.25) is 0 Å². The zero-order chi connectivity index (χ0) is 21.3. The SMILES string of the molecule is C=CC.N#Cc1ccc(OC(=O)C2=CC=C(OCCCCOC=O)CC=C2)cc1. The zero-order valence-electron chi connectivity index (χ0n) is 16.5. The second-order valence-corrected chi connectivity index (χ2v) is 5.82. The molecule has 0 saturated carbocycles. The van der Waals surface area contributed by atoms with E-state index in [1.807, 2.05) is 19.1 Å². The molecule has 0 N–H and O–H groups in total. The first-order valence-corrected chi connectivity index (χ1v) is 9.19. The third kappa shape index (κ3) is 9.78. The normalized spacial score (nSPS) is 12.0. The second kappa shape index (κ2) is 14.5. The van der Waals surface area contributed by atoms with E-state index in [9.17, 15) is 9.59 Å². The van der Waals surface area contributed by atoms with E-state index in [1.165, 1.54) is 0 Å². The van der Waals surface area contributed by atoms with E-state index in [0.717, 1.165) is 18.6 Å². The molecule has 6 nitrogen and oxygen atoms in total. The van der Waals surface area contributed by atoms with Crippen molar-refractivity contribution in [2.24, 2.45) is 0 Å². The summed E-state index contributed by atoms with van der Waals surface area (Å²) in [5.41, 5.74) is 0.910. The molecule has 0 aliphatic heterocycles. The van der Waals surface area contributed by atoms with Crippen molar-refractivity contribution < 1.29 is 23.8 Å². The fourth-order valence-corrected chi connectivity index (χ4v) is 2.15. The van der Waals surface area contributed by atoms with Crippen molar-refractivity contribution >= 4 is 12.4 Å². The number of nitriles is 1. The molecule has 1 aliphatic carbocycles. The molecule has 0 heterocycles. The molecular weight excluding hydrogens is 370 g/mol. The lowest BCUT2D eigenvalue weighted by Gasteiger charge is -2.07. The van der Waals surface area contributed by atoms with Crippen LogP contribution in [0.5, 0.6) is 5.75 Å². The summed E-state index contributed by atoms with van der Waals surface area (Å²) in [6.45, 7) is 6.58. The lowest BCUT2D eigenvalue weighted by atomic mass is 10.2. The molecule has 2 rings (SSSR count). The minimum Gasteiger partial charge on any atom is -0.498 e. The first kappa shape index (κ1) is 23.4. The number of carbonyl (C=O) groups excluding carboxylic acids is 2. The van der Waals surface area contributed by atoms with Crippen LogP contribution in [0.25, 0.3) is 0 Å². The van der Waals surface area contributed by atoms with E-state index in [4.69, 9.17) is 14.7 Å². The van der Waals surface area contributed by atoms with E-state index in [-0.39, 0.29) is 0 Å². The summed E-state index contributed by atoms with van der Waals surface area (Å²) in [7, 11) is 0. The molecule has 1 aliphatic rings. The Labute approximate surface area is 171 Å². The van der Waals surface area contributed by atoms with Crippen LogP contribution in [0.2, 0.25) is 0 Å². The van der Waals surface area contributed by atoms with Crippen molar-refractivity contribution in [3.8, 4) is 11.8 Å². The fourth-order valence-electron chi connectivity index (χ4n) is 2.15. The molecule has 0 amide bonds. The van der Waals surface area contributed by atoms with E-state index in [1.54, 1.807) is 48.6 Å². The highest BCUT2D eigenvalue weighted by molar-refractivity contribution is 5.93. The highest BCUT2D eigenvalue weighted by Crippen LogP contribution is 2.17. The molecule has 0 radical (unpaired) electrons. The van der Waals surface area contributed by atoms with Gasteiger partial charge in [0.1, 0.15) is 5.75 Å². The number of esters is 1. The molecule has 0 aromatic heterocycles. The molecule has 0 unspecified atom stereocenters. The number of hydrogen-bond donors (Lipinski definition) is 0. The Balaban J connectivity index is 0.00000132. The van der Waals surface area contributed by atoms with Gasteiger partial charge in [-0.05, 0) is 56.2 Å². The lowest BCUT2D eigenvalue weighted by Crippen LogP contribution is -2.09. The molecule has 1 aromatic rings. The van der Waals surface area contributed by atoms with Crippen molar-refractivity contribution in [2.45, 2.75) is 26.2 Å². The maximum absolute atomic E-state index is 12.2. The molecular formula is C23H25NO5. The second-order valence-electron chi connectivity index (χ2n) is 5.82. The van der Waals surface area contributed by atoms with Crippen molar-refractivity contribution in [2.75, 3.05) is 13.2 Å². The van der Waals surface area contributed by atoms with Gasteiger partial charge in [0, 0.05) is 6.42 Å². The highest BCUT2D eigenvalue weighted by Gasteiger charge is 2.11. The van der Waals surface area contributed by atoms with Crippen LogP contribution in [0.3, 0.4) is 0 Å². The number of unbranched alkanes of at least 4 members (excludes halogenated alkanes) is 1. The monoisotopic (exact) mass is 395 g/mol. The quantitative estimate of drug-likeness (QED) is 0.203. The van der Waals surface area contributed by atoms with E-state index >= 15 is 0 Å². The van der Waals surface area contributed by atoms with E-state index in [0.29, 0.717) is 43.0 Å². The summed E-state index contributed by atoms with van der Waals surface area (Å²) in [5.74, 6) is 0.652. The average molecular weight is 395 g/mol. The molecule has 0 fully saturated rings. The van der Waals surface area contributed by atoms with Crippen LogP contribution in [0, 0.1) is 11.3 Å². The molecule has 29 heavy (non-hydrogen) atoms. The maximum atomic E-state index is 12.2. The van der Waals surface area contributed by atoms with Crippen LogP contribution in [0.4, 0.5) is 0 Å². The van der Waals surface area contributed by atoms with Gasteiger partial charge in [-0.3, -0.25) is 4.79 Å². The van der Waals surface area contributed by atoms with Crippen LogP contribution in [-0.4, -0.2) is 25.7 Å². The summed E-state index contributed by atoms with van der Waals surface area (Å²) in [6.07, 6.45) is 10.8. The summed E-state index contributed by atoms with van der Waals surface area (Å²) < 4.78 is 15.6. The topological polar surface area (TPSA) is 85.6 Å². The van der Waals surface area contributed by atoms with E-state index < -0.39 is 5.97 Å². The average Bonchev–Trinajstić information content (AvgIpc) is 2.97. The number of benzene rings is 1. The van der Waals surface area contributed by atoms with Gasteiger partial charge in [-0.25, -0.2) is 4.79 Å². The predicted molar refractivity (Wildman–Crippen MR) is 110 cm³/mol. The third-order valence-corrected chi connectivity index (χ3v) is 3.51. The zero-order valence-corrected chi connectivity index (χ0v) is 16.5. The van der Waals surface area contributed by atoms with Gasteiger partial charge in [0.05, 0.1) is 36.2 Å². The Morgan fingerprint density at radius 3 is 2.55 bits per heavy atom. The van der Waals surface area contributed by atoms with Gasteiger partial charge in [0.25, 0.3) is 6.47 Å². The number of hydrogen-bond acceptors (Lipinski definition) is 6. The summed E-state index contributed by atoms with van der Waals surface area (Å²) in [4.78, 5) is 22.2. The third-order valence-electron chi connectivity index (χ3n) is 3.51. The standard InChI is InChI=1S/C20H19NO5.C3H6/c21-14-16-6-9-19(10-7-16)26-20(23)17-4-3-5-18(11-8-17)25-13-2-1-12-24-15-22;1-3-2/h3-4,6-11,15H,1-2,5,12-13H2;3H,1H2,2H3. The number of ether oxygens (including phenoxy) is 3. The van der Waals surface area contributed by atoms with Crippen LogP contribution in [0.15, 0.2) is 72.6 Å². The first-order valence-electron chi connectivity index (χ1n) is 9.19.